The number of halogens is 1. The van der Waals surface area contributed by atoms with Crippen molar-refractivity contribution in [1.29, 1.82) is 0 Å². The van der Waals surface area contributed by atoms with Crippen LogP contribution in [0.3, 0.4) is 0 Å². The zero-order chi connectivity index (χ0) is 15.5. The molecule has 0 amide bonds. The first kappa shape index (κ1) is 15.2. The SMILES string of the molecule is CC(C)Nc1cc(Cl)ncc1-c1cn(C2CCOCC2)nn1. The molecule has 1 N–H and O–H groups in total. The Morgan fingerprint density at radius 2 is 2.14 bits per heavy atom. The summed E-state index contributed by atoms with van der Waals surface area (Å²) in [6, 6.07) is 2.48. The molecule has 0 aliphatic carbocycles. The summed E-state index contributed by atoms with van der Waals surface area (Å²) >= 11 is 6.01. The lowest BCUT2D eigenvalue weighted by Crippen LogP contribution is -2.19. The Morgan fingerprint density at radius 3 is 2.86 bits per heavy atom. The van der Waals surface area contributed by atoms with Crippen molar-refractivity contribution in [2.45, 2.75) is 38.8 Å². The molecule has 0 atom stereocenters. The van der Waals surface area contributed by atoms with Crippen LogP contribution in [0.25, 0.3) is 11.3 Å². The first-order valence-electron chi connectivity index (χ1n) is 7.55. The van der Waals surface area contributed by atoms with Gasteiger partial charge in [-0.15, -0.1) is 5.10 Å². The van der Waals surface area contributed by atoms with E-state index in [-0.39, 0.29) is 0 Å². The third-order valence-electron chi connectivity index (χ3n) is 3.67. The number of rotatable bonds is 4. The number of pyridine rings is 1. The quantitative estimate of drug-likeness (QED) is 0.876. The van der Waals surface area contributed by atoms with Crippen molar-refractivity contribution in [2.75, 3.05) is 18.5 Å². The summed E-state index contributed by atoms with van der Waals surface area (Å²) in [7, 11) is 0. The first-order chi connectivity index (χ1) is 10.6. The maximum absolute atomic E-state index is 6.01. The van der Waals surface area contributed by atoms with Crippen LogP contribution in [0.15, 0.2) is 18.5 Å². The standard InChI is InChI=1S/C15H20ClN5O/c1-10(2)18-13-7-15(16)17-8-12(13)14-9-21(20-19-14)11-3-5-22-6-4-11/h7-11H,3-6H2,1-2H3,(H,17,18). The topological polar surface area (TPSA) is 64.9 Å². The minimum atomic E-state index is 0.294. The van der Waals surface area contributed by atoms with E-state index >= 15 is 0 Å². The molecule has 118 valence electrons. The van der Waals surface area contributed by atoms with E-state index in [2.05, 4.69) is 34.5 Å². The molecular formula is C15H20ClN5O. The number of hydrogen-bond donors (Lipinski definition) is 1. The van der Waals surface area contributed by atoms with Gasteiger partial charge in [-0.1, -0.05) is 16.8 Å². The van der Waals surface area contributed by atoms with Crippen molar-refractivity contribution in [2.24, 2.45) is 0 Å². The lowest BCUT2D eigenvalue weighted by Gasteiger charge is -2.21. The van der Waals surface area contributed by atoms with Gasteiger partial charge in [-0.05, 0) is 32.8 Å². The molecule has 3 heterocycles. The molecule has 3 rings (SSSR count). The van der Waals surface area contributed by atoms with Crippen LogP contribution in [0.4, 0.5) is 5.69 Å². The third-order valence-corrected chi connectivity index (χ3v) is 3.87. The van der Waals surface area contributed by atoms with Crippen LogP contribution in [0, 0.1) is 0 Å². The van der Waals surface area contributed by atoms with E-state index in [4.69, 9.17) is 16.3 Å². The van der Waals surface area contributed by atoms with E-state index in [1.807, 2.05) is 16.9 Å². The summed E-state index contributed by atoms with van der Waals surface area (Å²) in [5, 5.41) is 12.4. The normalized spacial score (nSPS) is 16.2. The van der Waals surface area contributed by atoms with Gasteiger partial charge in [0, 0.05) is 36.7 Å². The highest BCUT2D eigenvalue weighted by molar-refractivity contribution is 6.29. The predicted octanol–water partition coefficient (Wildman–Crippen LogP) is 3.17. The second kappa shape index (κ2) is 6.62. The maximum Gasteiger partial charge on any atom is 0.131 e. The number of hydrogen-bond acceptors (Lipinski definition) is 5. The lowest BCUT2D eigenvalue weighted by atomic mass is 10.1. The molecule has 0 unspecified atom stereocenters. The summed E-state index contributed by atoms with van der Waals surface area (Å²) in [6.45, 7) is 5.72. The van der Waals surface area contributed by atoms with Gasteiger partial charge < -0.3 is 10.1 Å². The van der Waals surface area contributed by atoms with Gasteiger partial charge in [-0.25, -0.2) is 9.67 Å². The van der Waals surface area contributed by atoms with Crippen LogP contribution in [0.2, 0.25) is 5.15 Å². The summed E-state index contributed by atoms with van der Waals surface area (Å²) in [6.07, 6.45) is 5.66. The molecule has 1 fully saturated rings. The number of ether oxygens (including phenoxy) is 1. The van der Waals surface area contributed by atoms with Gasteiger partial charge in [0.25, 0.3) is 0 Å². The molecule has 1 aliphatic heterocycles. The molecule has 1 aliphatic rings. The predicted molar refractivity (Wildman–Crippen MR) is 86.1 cm³/mol. The van der Waals surface area contributed by atoms with E-state index in [0.29, 0.717) is 17.2 Å². The van der Waals surface area contributed by atoms with Crippen LogP contribution in [-0.4, -0.2) is 39.2 Å². The van der Waals surface area contributed by atoms with Crippen LogP contribution >= 0.6 is 11.6 Å². The number of anilines is 1. The Hall–Kier alpha value is -1.66. The zero-order valence-corrected chi connectivity index (χ0v) is 13.5. The third kappa shape index (κ3) is 3.39. The molecule has 2 aromatic heterocycles. The van der Waals surface area contributed by atoms with Gasteiger partial charge in [0.1, 0.15) is 10.8 Å². The molecule has 6 nitrogen and oxygen atoms in total. The largest absolute Gasteiger partial charge is 0.382 e. The highest BCUT2D eigenvalue weighted by Crippen LogP contribution is 2.29. The van der Waals surface area contributed by atoms with E-state index in [1.54, 1.807) is 6.20 Å². The van der Waals surface area contributed by atoms with Crippen LogP contribution in [0.5, 0.6) is 0 Å². The molecule has 1 saturated heterocycles. The Balaban J connectivity index is 1.89. The smallest absolute Gasteiger partial charge is 0.131 e. The summed E-state index contributed by atoms with van der Waals surface area (Å²) < 4.78 is 7.33. The lowest BCUT2D eigenvalue weighted by molar-refractivity contribution is 0.0657. The van der Waals surface area contributed by atoms with Crippen molar-refractivity contribution in [3.63, 3.8) is 0 Å². The molecule has 7 heteroatoms. The number of aromatic nitrogens is 4. The fourth-order valence-corrected chi connectivity index (χ4v) is 2.75. The molecular weight excluding hydrogens is 302 g/mol. The molecule has 22 heavy (non-hydrogen) atoms. The van der Waals surface area contributed by atoms with Gasteiger partial charge in [0.05, 0.1) is 12.2 Å². The van der Waals surface area contributed by atoms with Crippen LogP contribution < -0.4 is 5.32 Å². The van der Waals surface area contributed by atoms with Crippen molar-refractivity contribution in [3.05, 3.63) is 23.6 Å². The van der Waals surface area contributed by atoms with Gasteiger partial charge >= 0.3 is 0 Å². The minimum absolute atomic E-state index is 0.294. The van der Waals surface area contributed by atoms with Crippen LogP contribution in [0.1, 0.15) is 32.7 Å². The van der Waals surface area contributed by atoms with E-state index in [0.717, 1.165) is 43.0 Å². The fraction of sp³-hybridized carbons (Fsp3) is 0.533. The number of nitrogens with one attached hydrogen (secondary N) is 1. The summed E-state index contributed by atoms with van der Waals surface area (Å²) in [5.74, 6) is 0. The van der Waals surface area contributed by atoms with Crippen molar-refractivity contribution in [3.8, 4) is 11.3 Å². The monoisotopic (exact) mass is 321 g/mol. The van der Waals surface area contributed by atoms with Gasteiger partial charge in [0.15, 0.2) is 0 Å². The van der Waals surface area contributed by atoms with E-state index < -0.39 is 0 Å². The van der Waals surface area contributed by atoms with Crippen LogP contribution in [-0.2, 0) is 4.74 Å². The average molecular weight is 322 g/mol. The average Bonchev–Trinajstić information content (AvgIpc) is 2.97. The second-order valence-corrected chi connectivity index (χ2v) is 6.17. The van der Waals surface area contributed by atoms with Crippen molar-refractivity contribution in [1.82, 2.24) is 20.0 Å². The van der Waals surface area contributed by atoms with E-state index in [1.165, 1.54) is 0 Å². The summed E-state index contributed by atoms with van der Waals surface area (Å²) in [4.78, 5) is 4.17. The minimum Gasteiger partial charge on any atom is -0.382 e. The van der Waals surface area contributed by atoms with Gasteiger partial charge in [-0.3, -0.25) is 0 Å². The highest BCUT2D eigenvalue weighted by Gasteiger charge is 2.19. The van der Waals surface area contributed by atoms with E-state index in [9.17, 15) is 0 Å². The summed E-state index contributed by atoms with van der Waals surface area (Å²) in [5.41, 5.74) is 2.64. The molecule has 0 spiro atoms. The van der Waals surface area contributed by atoms with Crippen molar-refractivity contribution < 1.29 is 4.74 Å². The molecule has 0 saturated carbocycles. The zero-order valence-electron chi connectivity index (χ0n) is 12.8. The molecule has 0 radical (unpaired) electrons. The Bertz CT molecular complexity index is 637. The molecule has 0 aromatic carbocycles. The first-order valence-corrected chi connectivity index (χ1v) is 7.93. The molecule has 0 bridgehead atoms. The Morgan fingerprint density at radius 1 is 1.36 bits per heavy atom. The van der Waals surface area contributed by atoms with Gasteiger partial charge in [0.2, 0.25) is 0 Å². The Labute approximate surface area is 134 Å². The highest BCUT2D eigenvalue weighted by atomic mass is 35.5. The fourth-order valence-electron chi connectivity index (χ4n) is 2.59. The second-order valence-electron chi connectivity index (χ2n) is 5.78. The molecule has 2 aromatic rings. The maximum atomic E-state index is 6.01. The number of nitrogens with zero attached hydrogens (tertiary/aromatic N) is 4. The van der Waals surface area contributed by atoms with Gasteiger partial charge in [-0.2, -0.15) is 0 Å². The Kier molecular flexibility index (Phi) is 4.59. The van der Waals surface area contributed by atoms with Crippen molar-refractivity contribution >= 4 is 17.3 Å².